The van der Waals surface area contributed by atoms with Gasteiger partial charge in [-0.25, -0.2) is 4.79 Å². The Morgan fingerprint density at radius 2 is 1.92 bits per heavy atom. The van der Waals surface area contributed by atoms with E-state index in [-0.39, 0.29) is 45.7 Å². The number of amidine groups is 1. The Balaban J connectivity index is 1.52. The lowest BCUT2D eigenvalue weighted by atomic mass is 9.42. The zero-order chi connectivity index (χ0) is 27.9. The molecule has 0 radical (unpaired) electrons. The number of fused-ring (bicyclic) bond motifs is 2. The van der Waals surface area contributed by atoms with Crippen LogP contribution in [0, 0.1) is 39.9 Å². The van der Waals surface area contributed by atoms with Crippen molar-refractivity contribution in [1.29, 1.82) is 5.41 Å². The van der Waals surface area contributed by atoms with Crippen LogP contribution in [0.4, 0.5) is 4.79 Å². The smallest absolute Gasteiger partial charge is 0.312 e. The van der Waals surface area contributed by atoms with Crippen LogP contribution in [-0.2, 0) is 9.53 Å². The Hall–Kier alpha value is -2.52. The van der Waals surface area contributed by atoms with E-state index in [4.69, 9.17) is 15.9 Å². The Morgan fingerprint density at radius 1 is 1.21 bits per heavy atom. The minimum absolute atomic E-state index is 0.0231. The van der Waals surface area contributed by atoms with Gasteiger partial charge in [0.1, 0.15) is 17.2 Å². The van der Waals surface area contributed by atoms with Gasteiger partial charge in [-0.1, -0.05) is 45.9 Å². The second-order valence-corrected chi connectivity index (χ2v) is 14.5. The van der Waals surface area contributed by atoms with E-state index in [9.17, 15) is 14.7 Å². The highest BCUT2D eigenvalue weighted by molar-refractivity contribution is 8.00. The van der Waals surface area contributed by atoms with Crippen LogP contribution in [0.15, 0.2) is 46.6 Å². The summed E-state index contributed by atoms with van der Waals surface area (Å²) in [7, 11) is 0. The van der Waals surface area contributed by atoms with E-state index in [0.29, 0.717) is 30.1 Å². The van der Waals surface area contributed by atoms with Crippen molar-refractivity contribution in [2.75, 3.05) is 0 Å². The number of carbonyl (C=O) groups excluding carboxylic acids is 2. The van der Waals surface area contributed by atoms with Crippen LogP contribution in [0.3, 0.4) is 0 Å². The van der Waals surface area contributed by atoms with Crippen LogP contribution in [0.5, 0.6) is 0 Å². The number of nitrogens with two attached hydrogens (primary N) is 1. The third-order valence-corrected chi connectivity index (χ3v) is 12.4. The van der Waals surface area contributed by atoms with E-state index in [1.165, 1.54) is 0 Å². The summed E-state index contributed by atoms with van der Waals surface area (Å²) in [5, 5.41) is 25.7. The van der Waals surface area contributed by atoms with Crippen LogP contribution in [-0.4, -0.2) is 45.9 Å². The number of amides is 3. The highest BCUT2D eigenvalue weighted by Gasteiger charge is 2.71. The van der Waals surface area contributed by atoms with Gasteiger partial charge in [-0.15, -0.1) is 11.8 Å². The van der Waals surface area contributed by atoms with E-state index < -0.39 is 23.7 Å². The molecule has 0 aromatic heterocycles. The summed E-state index contributed by atoms with van der Waals surface area (Å²) >= 11 is 1.75. The van der Waals surface area contributed by atoms with Gasteiger partial charge < -0.3 is 26.2 Å². The van der Waals surface area contributed by atoms with E-state index in [1.807, 2.05) is 18.2 Å². The first-order valence-corrected chi connectivity index (χ1v) is 15.1. The molecule has 9 heteroatoms. The minimum atomic E-state index is -0.692. The predicted molar refractivity (Wildman–Crippen MR) is 150 cm³/mol. The Labute approximate surface area is 234 Å². The van der Waals surface area contributed by atoms with Crippen molar-refractivity contribution in [1.82, 2.24) is 10.6 Å². The molecule has 2 saturated carbocycles. The van der Waals surface area contributed by atoms with Crippen LogP contribution < -0.4 is 16.4 Å². The second-order valence-electron chi connectivity index (χ2n) is 13.2. The third kappa shape index (κ3) is 3.79. The van der Waals surface area contributed by atoms with Crippen molar-refractivity contribution in [2.24, 2.45) is 40.2 Å². The largest absolute Gasteiger partial charge is 0.490 e. The van der Waals surface area contributed by atoms with Gasteiger partial charge in [-0.05, 0) is 49.1 Å². The van der Waals surface area contributed by atoms with Crippen LogP contribution >= 0.6 is 11.8 Å². The number of aliphatic hydroxyl groups excluding tert-OH is 1. The number of rotatable bonds is 3. The molecule has 6 N–H and O–H groups in total. The normalized spacial score (nSPS) is 42.3. The van der Waals surface area contributed by atoms with Crippen molar-refractivity contribution in [3.8, 4) is 0 Å². The number of urea groups is 1. The first-order valence-electron chi connectivity index (χ1n) is 14.2. The molecule has 1 aromatic carbocycles. The molecule has 210 valence electrons. The molecular formula is C30H40N4O4S. The molecule has 1 aromatic rings. The maximum atomic E-state index is 12.7. The molecule has 6 rings (SSSR count). The van der Waals surface area contributed by atoms with Crippen molar-refractivity contribution in [3.63, 3.8) is 0 Å². The molecule has 2 heterocycles. The fourth-order valence-electron chi connectivity index (χ4n) is 8.96. The zero-order valence-corrected chi connectivity index (χ0v) is 23.9. The number of primary amides is 1. The van der Waals surface area contributed by atoms with Gasteiger partial charge in [-0.3, -0.25) is 10.2 Å². The second kappa shape index (κ2) is 8.99. The Morgan fingerprint density at radius 3 is 2.62 bits per heavy atom. The number of carbonyl (C=O) groups is 2. The third-order valence-electron chi connectivity index (χ3n) is 11.1. The van der Waals surface area contributed by atoms with Crippen molar-refractivity contribution >= 4 is 29.5 Å². The lowest BCUT2D eigenvalue weighted by molar-refractivity contribution is -0.267. The van der Waals surface area contributed by atoms with Gasteiger partial charge in [0, 0.05) is 45.4 Å². The number of nitrogens with one attached hydrogen (secondary N) is 3. The average Bonchev–Trinajstić information content (AvgIpc) is 3.15. The highest BCUT2D eigenvalue weighted by atomic mass is 32.2. The van der Waals surface area contributed by atoms with Gasteiger partial charge in [-0.2, -0.15) is 0 Å². The summed E-state index contributed by atoms with van der Waals surface area (Å²) in [6, 6.07) is 9.52. The molecule has 8 nitrogen and oxygen atoms in total. The SMILES string of the molecule is CC1CCC2C(C)(C)C(NC(N)=O)C(Sc3ccccc3)CC23OC2=C4C(=N)NC(=O)C4CC(O)C2CC13C. The maximum absolute atomic E-state index is 12.7. The van der Waals surface area contributed by atoms with Gasteiger partial charge in [0.15, 0.2) is 0 Å². The number of aliphatic hydroxyl groups is 1. The first kappa shape index (κ1) is 26.7. The average molecular weight is 553 g/mol. The van der Waals surface area contributed by atoms with E-state index in [2.05, 4.69) is 50.5 Å². The molecule has 2 saturated heterocycles. The van der Waals surface area contributed by atoms with E-state index in [1.54, 1.807) is 11.8 Å². The molecule has 3 amide bonds. The van der Waals surface area contributed by atoms with E-state index in [0.717, 1.165) is 24.2 Å². The molecule has 9 atom stereocenters. The number of hydrogen-bond donors (Lipinski definition) is 5. The molecule has 3 aliphatic carbocycles. The molecular weight excluding hydrogens is 512 g/mol. The van der Waals surface area contributed by atoms with Gasteiger partial charge >= 0.3 is 6.03 Å². The number of ether oxygens (including phenoxy) is 1. The standard InChI is InChI=1S/C30H40N4O4S/c1-15-10-11-21-28(2,3)24(33-27(32)37)20(39-16-8-6-5-7-9-16)14-30(21)29(15,4)13-18-19(35)12-17-22(23(18)38-30)25(31)34-26(17)36/h5-9,15,17-21,24,35H,10-14H2,1-4H3,(H2,31,34,36)(H3,32,33,37). The molecule has 1 spiro atoms. The number of benzene rings is 1. The first-order chi connectivity index (χ1) is 18.4. The minimum Gasteiger partial charge on any atom is -0.490 e. The molecule has 39 heavy (non-hydrogen) atoms. The number of hydrogen-bond acceptors (Lipinski definition) is 6. The maximum Gasteiger partial charge on any atom is 0.312 e. The van der Waals surface area contributed by atoms with Gasteiger partial charge in [0.25, 0.3) is 0 Å². The Kier molecular flexibility index (Phi) is 6.16. The summed E-state index contributed by atoms with van der Waals surface area (Å²) in [5.41, 5.74) is 5.18. The van der Waals surface area contributed by atoms with Crippen LogP contribution in [0.25, 0.3) is 0 Å². The fraction of sp³-hybridized carbons (Fsp3) is 0.633. The lowest BCUT2D eigenvalue weighted by Gasteiger charge is -2.70. The summed E-state index contributed by atoms with van der Waals surface area (Å²) in [6.45, 7) is 9.08. The topological polar surface area (TPSA) is 138 Å². The molecule has 4 fully saturated rings. The number of thioether (sulfide) groups is 1. The van der Waals surface area contributed by atoms with Gasteiger partial charge in [0.05, 0.1) is 12.0 Å². The van der Waals surface area contributed by atoms with Crippen molar-refractivity contribution in [2.45, 2.75) is 87.7 Å². The van der Waals surface area contributed by atoms with E-state index >= 15 is 0 Å². The summed E-state index contributed by atoms with van der Waals surface area (Å²) in [5.74, 6) is 0.180. The highest BCUT2D eigenvalue weighted by Crippen LogP contribution is 2.69. The summed E-state index contributed by atoms with van der Waals surface area (Å²) in [6.07, 6.45) is 3.03. The quantitative estimate of drug-likeness (QED) is 0.383. The summed E-state index contributed by atoms with van der Waals surface area (Å²) in [4.78, 5) is 26.1. The van der Waals surface area contributed by atoms with Crippen LogP contribution in [0.2, 0.25) is 0 Å². The Bertz CT molecular complexity index is 1250. The monoisotopic (exact) mass is 552 g/mol. The van der Waals surface area contributed by atoms with Crippen molar-refractivity contribution < 1.29 is 19.4 Å². The lowest BCUT2D eigenvalue weighted by Crippen LogP contribution is -2.74. The molecule has 5 aliphatic rings. The summed E-state index contributed by atoms with van der Waals surface area (Å²) < 4.78 is 7.35. The molecule has 2 aliphatic heterocycles. The molecule has 9 unspecified atom stereocenters. The molecule has 0 bridgehead atoms. The predicted octanol–water partition coefficient (Wildman–Crippen LogP) is 4.18. The fourth-order valence-corrected chi connectivity index (χ4v) is 10.5. The van der Waals surface area contributed by atoms with Crippen molar-refractivity contribution in [3.05, 3.63) is 41.7 Å². The zero-order valence-electron chi connectivity index (χ0n) is 23.1. The van der Waals surface area contributed by atoms with Crippen LogP contribution in [0.1, 0.15) is 59.8 Å². The van der Waals surface area contributed by atoms with Gasteiger partial charge in [0.2, 0.25) is 5.91 Å².